The first-order valence-electron chi connectivity index (χ1n) is 6.59. The van der Waals surface area contributed by atoms with Crippen molar-refractivity contribution in [3.63, 3.8) is 0 Å². The highest BCUT2D eigenvalue weighted by molar-refractivity contribution is 5.75. The van der Waals surface area contributed by atoms with Gasteiger partial charge >= 0.3 is 0 Å². The third kappa shape index (κ3) is 4.73. The Morgan fingerprint density at radius 1 is 1.33 bits per heavy atom. The van der Waals surface area contributed by atoms with Crippen LogP contribution in [0.25, 0.3) is 0 Å². The largest absolute Gasteiger partial charge is 0.355 e. The molecule has 0 aliphatic carbocycles. The molecule has 4 heteroatoms. The van der Waals surface area contributed by atoms with E-state index in [1.165, 1.54) is 10.6 Å². The van der Waals surface area contributed by atoms with Gasteiger partial charge in [0.05, 0.1) is 0 Å². The maximum atomic E-state index is 11.7. The van der Waals surface area contributed by atoms with E-state index in [-0.39, 0.29) is 18.0 Å². The molecule has 0 aliphatic heterocycles. The van der Waals surface area contributed by atoms with Gasteiger partial charge in [0.2, 0.25) is 5.91 Å². The van der Waals surface area contributed by atoms with E-state index in [4.69, 9.17) is 0 Å². The zero-order valence-corrected chi connectivity index (χ0v) is 11.2. The van der Waals surface area contributed by atoms with E-state index in [2.05, 4.69) is 19.2 Å². The molecule has 0 spiro atoms. The van der Waals surface area contributed by atoms with E-state index in [1.807, 2.05) is 0 Å². The summed E-state index contributed by atoms with van der Waals surface area (Å²) in [5.41, 5.74) is -0.146. The molecular formula is C14H22N2O2. The fourth-order valence-corrected chi connectivity index (χ4v) is 1.91. The Morgan fingerprint density at radius 3 is 2.67 bits per heavy atom. The second-order valence-electron chi connectivity index (χ2n) is 4.49. The van der Waals surface area contributed by atoms with Crippen LogP contribution >= 0.6 is 0 Å². The highest BCUT2D eigenvalue weighted by atomic mass is 16.2. The quantitative estimate of drug-likeness (QED) is 0.802. The van der Waals surface area contributed by atoms with Gasteiger partial charge in [-0.2, -0.15) is 0 Å². The second-order valence-corrected chi connectivity index (χ2v) is 4.49. The number of pyridine rings is 1. The first-order chi connectivity index (χ1) is 8.67. The Bertz CT molecular complexity index is 422. The highest BCUT2D eigenvalue weighted by Crippen LogP contribution is 2.10. The molecule has 18 heavy (non-hydrogen) atoms. The van der Waals surface area contributed by atoms with Crippen LogP contribution in [0.15, 0.2) is 29.2 Å². The lowest BCUT2D eigenvalue weighted by atomic mass is 10.00. The molecule has 0 atom stereocenters. The van der Waals surface area contributed by atoms with Crippen molar-refractivity contribution >= 4 is 5.91 Å². The third-order valence-corrected chi connectivity index (χ3v) is 3.24. The number of rotatable bonds is 7. The van der Waals surface area contributed by atoms with Crippen LogP contribution in [0.5, 0.6) is 0 Å². The molecule has 0 saturated carbocycles. The summed E-state index contributed by atoms with van der Waals surface area (Å²) in [5, 5.41) is 2.86. The van der Waals surface area contributed by atoms with Crippen LogP contribution in [0.2, 0.25) is 0 Å². The first kappa shape index (κ1) is 14.5. The summed E-state index contributed by atoms with van der Waals surface area (Å²) >= 11 is 0. The normalized spacial score (nSPS) is 10.6. The molecule has 0 fully saturated rings. The molecule has 0 unspecified atom stereocenters. The van der Waals surface area contributed by atoms with Crippen molar-refractivity contribution in [3.8, 4) is 0 Å². The van der Waals surface area contributed by atoms with Gasteiger partial charge in [-0.1, -0.05) is 32.8 Å². The Hall–Kier alpha value is -1.58. The lowest BCUT2D eigenvalue weighted by Gasteiger charge is -2.12. The Balaban J connectivity index is 2.34. The second kappa shape index (κ2) is 7.69. The zero-order valence-electron chi connectivity index (χ0n) is 11.2. The molecule has 1 rings (SSSR count). The summed E-state index contributed by atoms with van der Waals surface area (Å²) in [6.45, 7) is 5.12. The minimum Gasteiger partial charge on any atom is -0.355 e. The van der Waals surface area contributed by atoms with Crippen molar-refractivity contribution in [1.29, 1.82) is 0 Å². The van der Waals surface area contributed by atoms with Crippen LogP contribution in [-0.4, -0.2) is 17.0 Å². The van der Waals surface area contributed by atoms with Gasteiger partial charge in [0.1, 0.15) is 6.54 Å². The molecule has 0 bridgehead atoms. The Kier molecular flexibility index (Phi) is 6.19. The molecular weight excluding hydrogens is 228 g/mol. The van der Waals surface area contributed by atoms with Gasteiger partial charge < -0.3 is 9.88 Å². The Labute approximate surface area is 108 Å². The maximum Gasteiger partial charge on any atom is 0.250 e. The van der Waals surface area contributed by atoms with Crippen LogP contribution in [0, 0.1) is 5.92 Å². The van der Waals surface area contributed by atoms with E-state index in [0.717, 1.165) is 19.3 Å². The van der Waals surface area contributed by atoms with Crippen molar-refractivity contribution in [2.75, 3.05) is 6.54 Å². The van der Waals surface area contributed by atoms with E-state index in [0.29, 0.717) is 12.5 Å². The molecule has 1 amide bonds. The zero-order chi connectivity index (χ0) is 13.4. The smallest absolute Gasteiger partial charge is 0.250 e. The fourth-order valence-electron chi connectivity index (χ4n) is 1.91. The van der Waals surface area contributed by atoms with E-state index < -0.39 is 0 Å². The number of hydrogen-bond donors (Lipinski definition) is 1. The minimum atomic E-state index is -0.146. The van der Waals surface area contributed by atoms with Gasteiger partial charge in [-0.3, -0.25) is 9.59 Å². The average molecular weight is 250 g/mol. The molecule has 0 saturated heterocycles. The van der Waals surface area contributed by atoms with Gasteiger partial charge in [-0.15, -0.1) is 0 Å². The predicted octanol–water partition coefficient (Wildman–Crippen LogP) is 1.79. The van der Waals surface area contributed by atoms with Crippen molar-refractivity contribution in [2.24, 2.45) is 5.92 Å². The van der Waals surface area contributed by atoms with Crippen LogP contribution in [0.3, 0.4) is 0 Å². The highest BCUT2D eigenvalue weighted by Gasteiger charge is 2.06. The third-order valence-electron chi connectivity index (χ3n) is 3.24. The first-order valence-corrected chi connectivity index (χ1v) is 6.59. The summed E-state index contributed by atoms with van der Waals surface area (Å²) in [7, 11) is 0. The predicted molar refractivity (Wildman–Crippen MR) is 72.4 cm³/mol. The molecule has 0 aromatic carbocycles. The minimum absolute atomic E-state index is 0.0998. The number of carbonyl (C=O) groups excluding carboxylic acids is 1. The monoisotopic (exact) mass is 250 g/mol. The van der Waals surface area contributed by atoms with Gasteiger partial charge in [-0.25, -0.2) is 0 Å². The van der Waals surface area contributed by atoms with Crippen LogP contribution in [0.4, 0.5) is 0 Å². The number of amides is 1. The van der Waals surface area contributed by atoms with E-state index in [9.17, 15) is 9.59 Å². The molecule has 0 aliphatic rings. The van der Waals surface area contributed by atoms with Gasteiger partial charge in [0.15, 0.2) is 0 Å². The van der Waals surface area contributed by atoms with Crippen LogP contribution in [0.1, 0.15) is 33.1 Å². The lowest BCUT2D eigenvalue weighted by Crippen LogP contribution is -2.32. The molecule has 100 valence electrons. The maximum absolute atomic E-state index is 11.7. The number of nitrogens with zero attached hydrogens (tertiary/aromatic N) is 1. The van der Waals surface area contributed by atoms with E-state index in [1.54, 1.807) is 18.3 Å². The van der Waals surface area contributed by atoms with Crippen molar-refractivity contribution in [1.82, 2.24) is 9.88 Å². The standard InChI is InChI=1S/C14H22N2O2/c1-3-12(4-2)8-9-15-13(17)11-16-10-6-5-7-14(16)18/h5-7,10,12H,3-4,8-9,11H2,1-2H3,(H,15,17). The van der Waals surface area contributed by atoms with Gasteiger partial charge in [0, 0.05) is 18.8 Å². The van der Waals surface area contributed by atoms with Crippen LogP contribution in [-0.2, 0) is 11.3 Å². The van der Waals surface area contributed by atoms with Crippen molar-refractivity contribution in [3.05, 3.63) is 34.7 Å². The van der Waals surface area contributed by atoms with E-state index >= 15 is 0 Å². The summed E-state index contributed by atoms with van der Waals surface area (Å²) in [5.74, 6) is 0.569. The Morgan fingerprint density at radius 2 is 2.06 bits per heavy atom. The van der Waals surface area contributed by atoms with Crippen LogP contribution < -0.4 is 10.9 Å². The molecule has 1 aromatic rings. The number of hydrogen-bond acceptors (Lipinski definition) is 2. The summed E-state index contributed by atoms with van der Waals surface area (Å²) in [6, 6.07) is 4.88. The SMILES string of the molecule is CCC(CC)CCNC(=O)Cn1ccccc1=O. The van der Waals surface area contributed by atoms with Crippen molar-refractivity contribution in [2.45, 2.75) is 39.7 Å². The summed E-state index contributed by atoms with van der Waals surface area (Å²) in [4.78, 5) is 23.1. The molecule has 1 heterocycles. The number of carbonyl (C=O) groups is 1. The lowest BCUT2D eigenvalue weighted by molar-refractivity contribution is -0.121. The number of nitrogens with one attached hydrogen (secondary N) is 1. The molecule has 1 N–H and O–H groups in total. The molecule has 1 aromatic heterocycles. The molecule has 4 nitrogen and oxygen atoms in total. The summed E-state index contributed by atoms with van der Waals surface area (Å²) in [6.07, 6.45) is 4.92. The average Bonchev–Trinajstić information content (AvgIpc) is 2.37. The summed E-state index contributed by atoms with van der Waals surface area (Å²) < 4.78 is 1.41. The van der Waals surface area contributed by atoms with Crippen molar-refractivity contribution < 1.29 is 4.79 Å². The topological polar surface area (TPSA) is 51.1 Å². The fraction of sp³-hybridized carbons (Fsp3) is 0.571. The number of aromatic nitrogens is 1. The van der Waals surface area contributed by atoms with Gasteiger partial charge in [0.25, 0.3) is 5.56 Å². The van der Waals surface area contributed by atoms with Gasteiger partial charge in [-0.05, 0) is 18.4 Å². The molecule has 0 radical (unpaired) electrons.